The van der Waals surface area contributed by atoms with Crippen LogP contribution in [0.5, 0.6) is 0 Å². The maximum atomic E-state index is 10.9. The highest BCUT2D eigenvalue weighted by molar-refractivity contribution is 6.30. The monoisotopic (exact) mass is 212 g/mol. The third kappa shape index (κ3) is 3.45. The average molecular weight is 213 g/mol. The Bertz CT molecular complexity index is 348. The summed E-state index contributed by atoms with van der Waals surface area (Å²) in [6.07, 6.45) is -0.650. The van der Waals surface area contributed by atoms with Gasteiger partial charge in [0.2, 0.25) is 5.91 Å². The summed E-state index contributed by atoms with van der Waals surface area (Å²) in [4.78, 5) is 21.0. The summed E-state index contributed by atoms with van der Waals surface area (Å²) in [5.41, 5.74) is 0.501. The molecule has 0 atom stereocenters. The normalized spacial score (nSPS) is 9.50. The molecule has 1 aromatic carbocycles. The van der Waals surface area contributed by atoms with Gasteiger partial charge in [-0.1, -0.05) is 11.6 Å². The van der Waals surface area contributed by atoms with Crippen LogP contribution in [-0.4, -0.2) is 11.9 Å². The number of benzene rings is 1. The van der Waals surface area contributed by atoms with E-state index >= 15 is 0 Å². The molecule has 0 aliphatic rings. The summed E-state index contributed by atoms with van der Waals surface area (Å²) in [6.45, 7) is 0. The molecule has 0 saturated carbocycles. The second kappa shape index (κ2) is 4.62. The standard InChI is InChI=1S/C9H8ClNO3/c10-6-1-3-7(4-2-6)11-8(12)5-9(13)14/h1-4H,5H2,(H,11,12)(H,13,14)/p-1. The van der Waals surface area contributed by atoms with Gasteiger partial charge in [-0.2, -0.15) is 0 Å². The van der Waals surface area contributed by atoms with Crippen molar-refractivity contribution in [3.63, 3.8) is 0 Å². The summed E-state index contributed by atoms with van der Waals surface area (Å²) in [5.74, 6) is -2.02. The molecule has 0 aliphatic heterocycles. The topological polar surface area (TPSA) is 69.2 Å². The number of halogens is 1. The molecule has 1 amide bonds. The van der Waals surface area contributed by atoms with Crippen molar-refractivity contribution in [2.24, 2.45) is 0 Å². The van der Waals surface area contributed by atoms with Crippen molar-refractivity contribution in [2.45, 2.75) is 6.42 Å². The van der Waals surface area contributed by atoms with Gasteiger partial charge in [-0.25, -0.2) is 0 Å². The molecule has 74 valence electrons. The van der Waals surface area contributed by atoms with Crippen LogP contribution in [-0.2, 0) is 9.59 Å². The number of hydrogen-bond donors (Lipinski definition) is 1. The van der Waals surface area contributed by atoms with Crippen LogP contribution >= 0.6 is 11.6 Å². The molecule has 1 aromatic rings. The number of rotatable bonds is 3. The Morgan fingerprint density at radius 2 is 1.86 bits per heavy atom. The van der Waals surface area contributed by atoms with E-state index in [1.807, 2.05) is 0 Å². The van der Waals surface area contributed by atoms with Crippen LogP contribution in [0, 0.1) is 0 Å². The lowest BCUT2D eigenvalue weighted by Gasteiger charge is -2.05. The first-order chi connectivity index (χ1) is 6.58. The van der Waals surface area contributed by atoms with Crippen molar-refractivity contribution in [2.75, 3.05) is 5.32 Å². The molecule has 0 bridgehead atoms. The zero-order chi connectivity index (χ0) is 10.6. The Balaban J connectivity index is 2.56. The van der Waals surface area contributed by atoms with E-state index in [1.54, 1.807) is 24.3 Å². The minimum Gasteiger partial charge on any atom is -0.550 e. The van der Waals surface area contributed by atoms with Crippen molar-refractivity contribution >= 4 is 29.2 Å². The van der Waals surface area contributed by atoms with Gasteiger partial charge < -0.3 is 15.2 Å². The highest BCUT2D eigenvalue weighted by Crippen LogP contribution is 2.13. The van der Waals surface area contributed by atoms with Gasteiger partial charge in [0, 0.05) is 10.7 Å². The Labute approximate surface area is 85.5 Å². The van der Waals surface area contributed by atoms with Gasteiger partial charge in [0.25, 0.3) is 0 Å². The summed E-state index contributed by atoms with van der Waals surface area (Å²) < 4.78 is 0. The zero-order valence-electron chi connectivity index (χ0n) is 7.12. The summed E-state index contributed by atoms with van der Waals surface area (Å²) >= 11 is 5.62. The summed E-state index contributed by atoms with van der Waals surface area (Å²) in [6, 6.07) is 6.34. The zero-order valence-corrected chi connectivity index (χ0v) is 7.88. The molecule has 1 rings (SSSR count). The maximum Gasteiger partial charge on any atom is 0.230 e. The third-order valence-corrected chi connectivity index (χ3v) is 1.68. The van der Waals surface area contributed by atoms with E-state index in [2.05, 4.69) is 5.32 Å². The predicted octanol–water partition coefficient (Wildman–Crippen LogP) is 0.418. The number of carboxylic acids is 1. The molecule has 0 aromatic heterocycles. The van der Waals surface area contributed by atoms with E-state index in [0.717, 1.165) is 0 Å². The van der Waals surface area contributed by atoms with Gasteiger partial charge in [0.15, 0.2) is 0 Å². The molecular formula is C9H7ClNO3-. The van der Waals surface area contributed by atoms with E-state index in [4.69, 9.17) is 11.6 Å². The number of aliphatic carboxylic acids is 1. The van der Waals surface area contributed by atoms with Crippen LogP contribution < -0.4 is 10.4 Å². The van der Waals surface area contributed by atoms with Gasteiger partial charge in [-0.3, -0.25) is 4.79 Å². The Morgan fingerprint density at radius 3 is 2.36 bits per heavy atom. The van der Waals surface area contributed by atoms with E-state index in [9.17, 15) is 14.7 Å². The SMILES string of the molecule is O=C([O-])CC(=O)Nc1ccc(Cl)cc1. The first-order valence-electron chi connectivity index (χ1n) is 3.83. The minimum absolute atomic E-state index is 0.501. The second-order valence-electron chi connectivity index (χ2n) is 2.60. The number of anilines is 1. The molecule has 14 heavy (non-hydrogen) atoms. The number of nitrogens with one attached hydrogen (secondary N) is 1. The van der Waals surface area contributed by atoms with E-state index < -0.39 is 18.3 Å². The largest absolute Gasteiger partial charge is 0.550 e. The van der Waals surface area contributed by atoms with Gasteiger partial charge >= 0.3 is 0 Å². The van der Waals surface area contributed by atoms with Gasteiger partial charge in [0.05, 0.1) is 12.4 Å². The fraction of sp³-hybridized carbons (Fsp3) is 0.111. The smallest absolute Gasteiger partial charge is 0.230 e. The first kappa shape index (κ1) is 10.5. The molecule has 0 saturated heterocycles. The van der Waals surface area contributed by atoms with Crippen LogP contribution in [0.25, 0.3) is 0 Å². The molecule has 5 heteroatoms. The Morgan fingerprint density at radius 1 is 1.29 bits per heavy atom. The number of carboxylic acid groups (broad SMARTS) is 1. The molecule has 0 heterocycles. The van der Waals surface area contributed by atoms with Crippen molar-refractivity contribution < 1.29 is 14.7 Å². The average Bonchev–Trinajstić information content (AvgIpc) is 2.07. The van der Waals surface area contributed by atoms with Crippen molar-refractivity contribution in [1.82, 2.24) is 0 Å². The van der Waals surface area contributed by atoms with Gasteiger partial charge in [-0.05, 0) is 24.3 Å². The van der Waals surface area contributed by atoms with Crippen LogP contribution in [0.2, 0.25) is 5.02 Å². The summed E-state index contributed by atoms with van der Waals surface area (Å²) in [5, 5.41) is 13.0. The first-order valence-corrected chi connectivity index (χ1v) is 4.21. The summed E-state index contributed by atoms with van der Waals surface area (Å²) in [7, 11) is 0. The highest BCUT2D eigenvalue weighted by Gasteiger charge is 2.01. The molecule has 0 aliphatic carbocycles. The lowest BCUT2D eigenvalue weighted by molar-refractivity contribution is -0.304. The van der Waals surface area contributed by atoms with E-state index in [-0.39, 0.29) is 0 Å². The van der Waals surface area contributed by atoms with E-state index in [0.29, 0.717) is 10.7 Å². The Kier molecular flexibility index (Phi) is 3.48. The predicted molar refractivity (Wildman–Crippen MR) is 49.7 cm³/mol. The van der Waals surface area contributed by atoms with E-state index in [1.165, 1.54) is 0 Å². The fourth-order valence-electron chi connectivity index (χ4n) is 0.869. The molecule has 0 fully saturated rings. The quantitative estimate of drug-likeness (QED) is 0.739. The van der Waals surface area contributed by atoms with Crippen molar-refractivity contribution in [3.05, 3.63) is 29.3 Å². The van der Waals surface area contributed by atoms with Crippen LogP contribution in [0.15, 0.2) is 24.3 Å². The Hall–Kier alpha value is -1.55. The highest BCUT2D eigenvalue weighted by atomic mass is 35.5. The molecule has 0 radical (unpaired) electrons. The fourth-order valence-corrected chi connectivity index (χ4v) is 0.995. The number of carbonyl (C=O) groups is 2. The van der Waals surface area contributed by atoms with Gasteiger partial charge in [-0.15, -0.1) is 0 Å². The molecule has 0 unspecified atom stereocenters. The molecule has 1 N–H and O–H groups in total. The minimum atomic E-state index is -1.41. The van der Waals surface area contributed by atoms with Crippen LogP contribution in [0.4, 0.5) is 5.69 Å². The van der Waals surface area contributed by atoms with Gasteiger partial charge in [0.1, 0.15) is 0 Å². The number of carbonyl (C=O) groups excluding carboxylic acids is 2. The van der Waals surface area contributed by atoms with Crippen molar-refractivity contribution in [1.29, 1.82) is 0 Å². The molecule has 4 nitrogen and oxygen atoms in total. The number of hydrogen-bond acceptors (Lipinski definition) is 3. The molecular weight excluding hydrogens is 206 g/mol. The number of amides is 1. The lowest BCUT2D eigenvalue weighted by Crippen LogP contribution is -2.28. The maximum absolute atomic E-state index is 10.9. The molecule has 0 spiro atoms. The lowest BCUT2D eigenvalue weighted by atomic mass is 10.3. The second-order valence-corrected chi connectivity index (χ2v) is 3.04. The third-order valence-electron chi connectivity index (χ3n) is 1.43. The van der Waals surface area contributed by atoms with Crippen LogP contribution in [0.3, 0.4) is 0 Å². The van der Waals surface area contributed by atoms with Crippen LogP contribution in [0.1, 0.15) is 6.42 Å². The van der Waals surface area contributed by atoms with Crippen molar-refractivity contribution in [3.8, 4) is 0 Å².